The van der Waals surface area contributed by atoms with Crippen molar-refractivity contribution in [1.29, 1.82) is 0 Å². The molecule has 1 unspecified atom stereocenters. The fourth-order valence-corrected chi connectivity index (χ4v) is 1.30. The summed E-state index contributed by atoms with van der Waals surface area (Å²) >= 11 is 0. The Morgan fingerprint density at radius 1 is 1.60 bits per heavy atom. The molecule has 1 N–H and O–H groups in total. The van der Waals surface area contributed by atoms with Crippen LogP contribution in [0.3, 0.4) is 0 Å². The molecule has 0 radical (unpaired) electrons. The summed E-state index contributed by atoms with van der Waals surface area (Å²) in [6.45, 7) is 0. The highest BCUT2D eigenvalue weighted by Crippen LogP contribution is 2.24. The molecule has 0 saturated heterocycles. The summed E-state index contributed by atoms with van der Waals surface area (Å²) in [5.41, 5.74) is 1.24. The van der Waals surface area contributed by atoms with Gasteiger partial charge in [0.25, 0.3) is 0 Å². The summed E-state index contributed by atoms with van der Waals surface area (Å²) in [4.78, 5) is 7.49. The van der Waals surface area contributed by atoms with Gasteiger partial charge in [-0.1, -0.05) is 0 Å². The fourth-order valence-electron chi connectivity index (χ4n) is 1.30. The van der Waals surface area contributed by atoms with Gasteiger partial charge in [0.15, 0.2) is 0 Å². The largest absolute Gasteiger partial charge is 0.363 e. The van der Waals surface area contributed by atoms with Crippen molar-refractivity contribution in [3.63, 3.8) is 0 Å². The average molecular weight is 134 g/mol. The molecule has 0 aromatic carbocycles. The lowest BCUT2D eigenvalue weighted by atomic mass is 10.1. The number of rotatable bonds is 1. The van der Waals surface area contributed by atoms with Crippen molar-refractivity contribution in [3.05, 3.63) is 24.0 Å². The molecule has 1 aromatic heterocycles. The number of nitrogens with one attached hydrogen (secondary N) is 1. The van der Waals surface area contributed by atoms with Gasteiger partial charge >= 0.3 is 0 Å². The molecule has 1 aromatic rings. The van der Waals surface area contributed by atoms with E-state index in [-0.39, 0.29) is 0 Å². The number of aliphatic imine (C=N–C) groups is 1. The molecule has 0 saturated carbocycles. The Kier molecular flexibility index (Phi) is 1.31. The molecule has 10 heavy (non-hydrogen) atoms. The van der Waals surface area contributed by atoms with Crippen molar-refractivity contribution >= 4 is 6.21 Å². The Hall–Kier alpha value is -1.05. The van der Waals surface area contributed by atoms with Crippen LogP contribution in [0, 0.1) is 0 Å². The first-order valence-electron chi connectivity index (χ1n) is 3.62. The first kappa shape index (κ1) is 5.71. The van der Waals surface area contributed by atoms with Crippen molar-refractivity contribution in [3.8, 4) is 0 Å². The van der Waals surface area contributed by atoms with Crippen LogP contribution in [-0.2, 0) is 0 Å². The van der Waals surface area contributed by atoms with Gasteiger partial charge in [0, 0.05) is 11.9 Å². The summed E-state index contributed by atoms with van der Waals surface area (Å²) in [6.07, 6.45) is 6.25. The third-order valence-corrected chi connectivity index (χ3v) is 1.84. The van der Waals surface area contributed by atoms with Gasteiger partial charge in [-0.05, 0) is 31.2 Å². The van der Waals surface area contributed by atoms with Crippen LogP contribution in [0.4, 0.5) is 0 Å². The summed E-state index contributed by atoms with van der Waals surface area (Å²) in [6, 6.07) is 4.52. The Labute approximate surface area is 60.0 Å². The number of H-pyrrole nitrogens is 1. The molecule has 1 aliphatic rings. The third-order valence-electron chi connectivity index (χ3n) is 1.84. The number of aromatic amines is 1. The molecular formula is C8H10N2. The van der Waals surface area contributed by atoms with E-state index in [2.05, 4.69) is 16.0 Å². The van der Waals surface area contributed by atoms with Crippen LogP contribution < -0.4 is 0 Å². The molecule has 2 rings (SSSR count). The Bertz CT molecular complexity index is 223. The normalized spacial score (nSPS) is 23.8. The topological polar surface area (TPSA) is 28.1 Å². The minimum Gasteiger partial charge on any atom is -0.363 e. The SMILES string of the molecule is C1=NC(c2ccc[nH]2)CC1. The number of hydrogen-bond donors (Lipinski definition) is 1. The van der Waals surface area contributed by atoms with Gasteiger partial charge in [-0.15, -0.1) is 0 Å². The van der Waals surface area contributed by atoms with E-state index in [4.69, 9.17) is 0 Å². The van der Waals surface area contributed by atoms with E-state index in [1.165, 1.54) is 12.1 Å². The molecule has 0 spiro atoms. The zero-order valence-electron chi connectivity index (χ0n) is 5.75. The molecule has 0 aliphatic carbocycles. The average Bonchev–Trinajstić information content (AvgIpc) is 2.59. The molecule has 52 valence electrons. The number of nitrogens with zero attached hydrogens (tertiary/aromatic N) is 1. The van der Waals surface area contributed by atoms with Crippen molar-refractivity contribution in [1.82, 2.24) is 4.98 Å². The van der Waals surface area contributed by atoms with Gasteiger partial charge in [-0.2, -0.15) is 0 Å². The fraction of sp³-hybridized carbons (Fsp3) is 0.375. The van der Waals surface area contributed by atoms with E-state index in [9.17, 15) is 0 Å². The van der Waals surface area contributed by atoms with Crippen molar-refractivity contribution in [2.45, 2.75) is 18.9 Å². The van der Waals surface area contributed by atoms with Crippen LogP contribution in [0.25, 0.3) is 0 Å². The van der Waals surface area contributed by atoms with Gasteiger partial charge in [-0.25, -0.2) is 0 Å². The molecule has 2 heteroatoms. The van der Waals surface area contributed by atoms with E-state index in [1.807, 2.05) is 18.5 Å². The van der Waals surface area contributed by atoms with Gasteiger partial charge in [0.05, 0.1) is 6.04 Å². The predicted octanol–water partition coefficient (Wildman–Crippen LogP) is 1.92. The first-order chi connectivity index (χ1) is 4.97. The summed E-state index contributed by atoms with van der Waals surface area (Å²) in [5, 5.41) is 0. The lowest BCUT2D eigenvalue weighted by Crippen LogP contribution is -1.89. The minimum atomic E-state index is 0.412. The van der Waals surface area contributed by atoms with Gasteiger partial charge in [0.1, 0.15) is 0 Å². The summed E-state index contributed by atoms with van der Waals surface area (Å²) < 4.78 is 0. The van der Waals surface area contributed by atoms with Gasteiger partial charge in [-0.3, -0.25) is 4.99 Å². The monoisotopic (exact) mass is 134 g/mol. The van der Waals surface area contributed by atoms with E-state index in [0.29, 0.717) is 6.04 Å². The smallest absolute Gasteiger partial charge is 0.0897 e. The second-order valence-electron chi connectivity index (χ2n) is 2.55. The molecule has 0 fully saturated rings. The molecule has 2 nitrogen and oxygen atoms in total. The highest BCUT2D eigenvalue weighted by molar-refractivity contribution is 5.60. The van der Waals surface area contributed by atoms with E-state index < -0.39 is 0 Å². The lowest BCUT2D eigenvalue weighted by molar-refractivity contribution is 0.704. The van der Waals surface area contributed by atoms with Gasteiger partial charge < -0.3 is 4.98 Å². The molecule has 0 amide bonds. The summed E-state index contributed by atoms with van der Waals surface area (Å²) in [7, 11) is 0. The van der Waals surface area contributed by atoms with Crippen LogP contribution in [0.15, 0.2) is 23.3 Å². The maximum Gasteiger partial charge on any atom is 0.0897 e. The van der Waals surface area contributed by atoms with Crippen LogP contribution in [-0.4, -0.2) is 11.2 Å². The van der Waals surface area contributed by atoms with E-state index in [1.54, 1.807) is 0 Å². The molecule has 0 bridgehead atoms. The zero-order chi connectivity index (χ0) is 6.81. The quantitative estimate of drug-likeness (QED) is 0.607. The highest BCUT2D eigenvalue weighted by Gasteiger charge is 2.12. The van der Waals surface area contributed by atoms with Crippen LogP contribution in [0.2, 0.25) is 0 Å². The minimum absolute atomic E-state index is 0.412. The molecule has 2 heterocycles. The van der Waals surface area contributed by atoms with Crippen LogP contribution in [0.5, 0.6) is 0 Å². The van der Waals surface area contributed by atoms with Crippen molar-refractivity contribution in [2.24, 2.45) is 4.99 Å². The highest BCUT2D eigenvalue weighted by atomic mass is 14.9. The standard InChI is InChI=1S/C8H10N2/c1-3-7(9-5-1)8-4-2-6-10-8/h1,3,5-6,8-9H,2,4H2. The van der Waals surface area contributed by atoms with Crippen LogP contribution >= 0.6 is 0 Å². The first-order valence-corrected chi connectivity index (χ1v) is 3.62. The van der Waals surface area contributed by atoms with Crippen molar-refractivity contribution < 1.29 is 0 Å². The molecule has 1 aliphatic heterocycles. The third kappa shape index (κ3) is 0.856. The second kappa shape index (κ2) is 2.29. The maximum atomic E-state index is 4.32. The lowest BCUT2D eigenvalue weighted by Gasteiger charge is -2.01. The predicted molar refractivity (Wildman–Crippen MR) is 41.3 cm³/mol. The van der Waals surface area contributed by atoms with Gasteiger partial charge in [0.2, 0.25) is 0 Å². The summed E-state index contributed by atoms with van der Waals surface area (Å²) in [5.74, 6) is 0. The van der Waals surface area contributed by atoms with E-state index in [0.717, 1.165) is 6.42 Å². The van der Waals surface area contributed by atoms with Crippen molar-refractivity contribution in [2.75, 3.05) is 0 Å². The maximum absolute atomic E-state index is 4.32. The Morgan fingerprint density at radius 3 is 3.20 bits per heavy atom. The zero-order valence-corrected chi connectivity index (χ0v) is 5.75. The number of hydrogen-bond acceptors (Lipinski definition) is 1. The second-order valence-corrected chi connectivity index (χ2v) is 2.55. The van der Waals surface area contributed by atoms with Crippen LogP contribution in [0.1, 0.15) is 24.6 Å². The van der Waals surface area contributed by atoms with E-state index >= 15 is 0 Å². The molecule has 1 atom stereocenters. The Balaban J connectivity index is 2.20. The number of aromatic nitrogens is 1. The Morgan fingerprint density at radius 2 is 2.60 bits per heavy atom. The molecular weight excluding hydrogens is 124 g/mol.